The molecule has 16 heavy (non-hydrogen) atoms. The van der Waals surface area contributed by atoms with Crippen LogP contribution in [0, 0.1) is 0 Å². The van der Waals surface area contributed by atoms with Crippen molar-refractivity contribution in [2.75, 3.05) is 5.73 Å². The SMILES string of the molecule is Nc1c(Cl)cnn1Cc1cncn1C1CC1. The lowest BCUT2D eigenvalue weighted by atomic mass is 10.4. The molecule has 3 rings (SSSR count). The molecule has 0 spiro atoms. The number of anilines is 1. The molecule has 6 heteroatoms. The Morgan fingerprint density at radius 3 is 2.88 bits per heavy atom. The van der Waals surface area contributed by atoms with Crippen LogP contribution in [0.25, 0.3) is 0 Å². The second-order valence-electron chi connectivity index (χ2n) is 4.06. The number of hydrogen-bond acceptors (Lipinski definition) is 3. The number of hydrogen-bond donors (Lipinski definition) is 1. The Labute approximate surface area is 97.8 Å². The third-order valence-corrected chi connectivity index (χ3v) is 3.12. The zero-order chi connectivity index (χ0) is 11.1. The van der Waals surface area contributed by atoms with Gasteiger partial charge in [0.15, 0.2) is 0 Å². The van der Waals surface area contributed by atoms with E-state index in [1.165, 1.54) is 12.8 Å². The van der Waals surface area contributed by atoms with Crippen LogP contribution in [0.3, 0.4) is 0 Å². The van der Waals surface area contributed by atoms with Crippen molar-refractivity contribution >= 4 is 17.4 Å². The smallest absolute Gasteiger partial charge is 0.141 e. The van der Waals surface area contributed by atoms with Crippen molar-refractivity contribution in [2.45, 2.75) is 25.4 Å². The molecule has 2 heterocycles. The first-order valence-electron chi connectivity index (χ1n) is 5.23. The summed E-state index contributed by atoms with van der Waals surface area (Å²) in [5.74, 6) is 0.505. The van der Waals surface area contributed by atoms with E-state index in [0.717, 1.165) is 5.69 Å². The van der Waals surface area contributed by atoms with Gasteiger partial charge in [-0.15, -0.1) is 0 Å². The number of nitrogens with zero attached hydrogens (tertiary/aromatic N) is 4. The van der Waals surface area contributed by atoms with Crippen LogP contribution in [0.2, 0.25) is 5.02 Å². The number of imidazole rings is 1. The predicted octanol–water partition coefficient (Wildman–Crippen LogP) is 1.70. The maximum atomic E-state index is 5.85. The molecule has 2 aromatic heterocycles. The first kappa shape index (κ1) is 9.72. The molecular formula is C10H12ClN5. The molecule has 1 aliphatic rings. The molecule has 0 aromatic carbocycles. The second kappa shape index (κ2) is 3.52. The van der Waals surface area contributed by atoms with Gasteiger partial charge in [0.2, 0.25) is 0 Å². The van der Waals surface area contributed by atoms with Crippen molar-refractivity contribution in [3.63, 3.8) is 0 Å². The van der Waals surface area contributed by atoms with Crippen molar-refractivity contribution in [3.05, 3.63) is 29.4 Å². The van der Waals surface area contributed by atoms with Gasteiger partial charge in [-0.1, -0.05) is 11.6 Å². The summed E-state index contributed by atoms with van der Waals surface area (Å²) in [6, 6.07) is 0.616. The Morgan fingerprint density at radius 2 is 2.25 bits per heavy atom. The highest BCUT2D eigenvalue weighted by molar-refractivity contribution is 6.32. The van der Waals surface area contributed by atoms with Gasteiger partial charge in [-0.3, -0.25) is 0 Å². The van der Waals surface area contributed by atoms with E-state index in [4.69, 9.17) is 17.3 Å². The molecule has 1 fully saturated rings. The topological polar surface area (TPSA) is 61.7 Å². The molecule has 2 aromatic rings. The van der Waals surface area contributed by atoms with Crippen LogP contribution in [0.15, 0.2) is 18.7 Å². The first-order chi connectivity index (χ1) is 7.75. The van der Waals surface area contributed by atoms with Gasteiger partial charge >= 0.3 is 0 Å². The van der Waals surface area contributed by atoms with Gasteiger partial charge in [-0.2, -0.15) is 5.10 Å². The third kappa shape index (κ3) is 1.57. The zero-order valence-corrected chi connectivity index (χ0v) is 9.43. The van der Waals surface area contributed by atoms with E-state index >= 15 is 0 Å². The van der Waals surface area contributed by atoms with E-state index in [9.17, 15) is 0 Å². The van der Waals surface area contributed by atoms with Gasteiger partial charge in [-0.25, -0.2) is 9.67 Å². The van der Waals surface area contributed by atoms with E-state index in [1.54, 1.807) is 10.9 Å². The van der Waals surface area contributed by atoms with Gasteiger partial charge in [-0.05, 0) is 12.8 Å². The Balaban J connectivity index is 1.88. The lowest BCUT2D eigenvalue weighted by molar-refractivity contribution is 0.621. The molecule has 0 atom stereocenters. The normalized spacial score (nSPS) is 15.6. The summed E-state index contributed by atoms with van der Waals surface area (Å²) in [6.07, 6.45) is 7.76. The van der Waals surface area contributed by atoms with Gasteiger partial charge < -0.3 is 10.3 Å². The minimum Gasteiger partial charge on any atom is -0.383 e. The van der Waals surface area contributed by atoms with E-state index < -0.39 is 0 Å². The lowest BCUT2D eigenvalue weighted by Gasteiger charge is -2.07. The quantitative estimate of drug-likeness (QED) is 0.884. The third-order valence-electron chi connectivity index (χ3n) is 2.83. The van der Waals surface area contributed by atoms with Gasteiger partial charge in [0.25, 0.3) is 0 Å². The summed E-state index contributed by atoms with van der Waals surface area (Å²) in [5.41, 5.74) is 6.92. The zero-order valence-electron chi connectivity index (χ0n) is 8.67. The van der Waals surface area contributed by atoms with Gasteiger partial charge in [0.1, 0.15) is 10.8 Å². The van der Waals surface area contributed by atoms with Gasteiger partial charge in [0, 0.05) is 6.04 Å². The molecule has 0 amide bonds. The minimum atomic E-state index is 0.498. The van der Waals surface area contributed by atoms with E-state index in [0.29, 0.717) is 23.4 Å². The summed E-state index contributed by atoms with van der Waals surface area (Å²) >= 11 is 5.85. The molecule has 0 bridgehead atoms. The summed E-state index contributed by atoms with van der Waals surface area (Å²) in [5, 5.41) is 4.63. The van der Waals surface area contributed by atoms with Crippen molar-refractivity contribution in [1.82, 2.24) is 19.3 Å². The van der Waals surface area contributed by atoms with Crippen LogP contribution in [0.4, 0.5) is 5.82 Å². The average Bonchev–Trinajstić information content (AvgIpc) is 2.95. The molecule has 0 radical (unpaired) electrons. The Kier molecular flexibility index (Phi) is 2.14. The second-order valence-corrected chi connectivity index (χ2v) is 4.47. The predicted molar refractivity (Wildman–Crippen MR) is 61.2 cm³/mol. The summed E-state index contributed by atoms with van der Waals surface area (Å²) in [4.78, 5) is 4.16. The maximum absolute atomic E-state index is 5.85. The van der Waals surface area contributed by atoms with Crippen LogP contribution in [0.5, 0.6) is 0 Å². The molecule has 1 saturated carbocycles. The monoisotopic (exact) mass is 237 g/mol. The summed E-state index contributed by atoms with van der Waals surface area (Å²) < 4.78 is 3.88. The van der Waals surface area contributed by atoms with Crippen LogP contribution in [-0.2, 0) is 6.54 Å². The highest BCUT2D eigenvalue weighted by Crippen LogP contribution is 2.35. The number of nitrogen functional groups attached to an aromatic ring is 1. The Bertz CT molecular complexity index is 511. The van der Waals surface area contributed by atoms with Crippen molar-refractivity contribution < 1.29 is 0 Å². The van der Waals surface area contributed by atoms with Crippen LogP contribution < -0.4 is 5.73 Å². The van der Waals surface area contributed by atoms with Crippen molar-refractivity contribution in [1.29, 1.82) is 0 Å². The number of nitrogens with two attached hydrogens (primary N) is 1. The minimum absolute atomic E-state index is 0.498. The Hall–Kier alpha value is -1.49. The van der Waals surface area contributed by atoms with Crippen LogP contribution >= 0.6 is 11.6 Å². The van der Waals surface area contributed by atoms with Crippen molar-refractivity contribution in [3.8, 4) is 0 Å². The van der Waals surface area contributed by atoms with E-state index in [2.05, 4.69) is 14.6 Å². The largest absolute Gasteiger partial charge is 0.383 e. The molecule has 1 aliphatic carbocycles. The van der Waals surface area contributed by atoms with E-state index in [-0.39, 0.29) is 0 Å². The van der Waals surface area contributed by atoms with Crippen molar-refractivity contribution in [2.24, 2.45) is 0 Å². The van der Waals surface area contributed by atoms with E-state index in [1.807, 2.05) is 12.5 Å². The summed E-state index contributed by atoms with van der Waals surface area (Å²) in [7, 11) is 0. The first-order valence-corrected chi connectivity index (χ1v) is 5.61. The Morgan fingerprint density at radius 1 is 1.44 bits per heavy atom. The fraction of sp³-hybridized carbons (Fsp3) is 0.400. The number of rotatable bonds is 3. The molecule has 2 N–H and O–H groups in total. The fourth-order valence-electron chi connectivity index (χ4n) is 1.79. The highest BCUT2D eigenvalue weighted by Gasteiger charge is 2.25. The standard InChI is InChI=1S/C10H12ClN5/c11-9-4-14-16(10(9)12)5-8-3-13-6-15(8)7-1-2-7/h3-4,6-7H,1-2,5,12H2. The number of halogens is 1. The van der Waals surface area contributed by atoms with Crippen LogP contribution in [-0.4, -0.2) is 19.3 Å². The molecule has 84 valence electrons. The molecule has 0 saturated heterocycles. The maximum Gasteiger partial charge on any atom is 0.141 e. The van der Waals surface area contributed by atoms with Crippen LogP contribution in [0.1, 0.15) is 24.6 Å². The average molecular weight is 238 g/mol. The van der Waals surface area contributed by atoms with Gasteiger partial charge in [0.05, 0.1) is 31.0 Å². The highest BCUT2D eigenvalue weighted by atomic mass is 35.5. The molecular weight excluding hydrogens is 226 g/mol. The fourth-order valence-corrected chi connectivity index (χ4v) is 1.93. The molecule has 0 unspecified atom stereocenters. The molecule has 5 nitrogen and oxygen atoms in total. The number of aromatic nitrogens is 4. The molecule has 0 aliphatic heterocycles. The summed E-state index contributed by atoms with van der Waals surface area (Å²) in [6.45, 7) is 0.620. The lowest BCUT2D eigenvalue weighted by Crippen LogP contribution is -2.09.